The number of methoxy groups -OCH3 is 1. The number of hydrogen-bond acceptors (Lipinski definition) is 7. The maximum Gasteiger partial charge on any atom is 0.418 e. The lowest BCUT2D eigenvalue weighted by Crippen LogP contribution is -2.52. The van der Waals surface area contributed by atoms with Crippen LogP contribution in [-0.4, -0.2) is 48.5 Å². The molecule has 1 N–H and O–H groups in total. The fourth-order valence-corrected chi connectivity index (χ4v) is 4.77. The summed E-state index contributed by atoms with van der Waals surface area (Å²) in [6.45, 7) is -3.51. The van der Waals surface area contributed by atoms with E-state index in [2.05, 4.69) is 5.32 Å². The minimum Gasteiger partial charge on any atom is -0.457 e. The molecular weight excluding hydrogens is 566 g/mol. The fraction of sp³-hybridized carbons (Fsp3) is 0.214. The van der Waals surface area contributed by atoms with Crippen molar-refractivity contribution in [2.24, 2.45) is 0 Å². The van der Waals surface area contributed by atoms with Gasteiger partial charge in [-0.2, -0.15) is 8.78 Å². The van der Waals surface area contributed by atoms with Gasteiger partial charge in [0.05, 0.1) is 24.0 Å². The van der Waals surface area contributed by atoms with Crippen molar-refractivity contribution in [3.63, 3.8) is 0 Å². The maximum absolute atomic E-state index is 13.7. The highest BCUT2D eigenvalue weighted by molar-refractivity contribution is 6.09. The summed E-state index contributed by atoms with van der Waals surface area (Å²) < 4.78 is 69.3. The Balaban J connectivity index is 1.51. The van der Waals surface area contributed by atoms with E-state index in [1.807, 2.05) is 0 Å². The lowest BCUT2D eigenvalue weighted by Gasteiger charge is -2.29. The number of alkyl halides is 2. The molecular formula is C28H21F4N3O7. The van der Waals surface area contributed by atoms with E-state index in [1.54, 1.807) is 0 Å². The Morgan fingerprint density at radius 3 is 2.36 bits per heavy atom. The highest BCUT2D eigenvalue weighted by atomic mass is 19.3. The third-order valence-corrected chi connectivity index (χ3v) is 6.65. The van der Waals surface area contributed by atoms with Gasteiger partial charge < -0.3 is 19.1 Å². The van der Waals surface area contributed by atoms with Crippen molar-refractivity contribution in [1.29, 1.82) is 0 Å². The third kappa shape index (κ3) is 5.42. The third-order valence-electron chi connectivity index (χ3n) is 6.65. The molecule has 5 rings (SSSR count). The number of imide groups is 1. The predicted molar refractivity (Wildman–Crippen MR) is 137 cm³/mol. The fourth-order valence-electron chi connectivity index (χ4n) is 4.77. The zero-order valence-electron chi connectivity index (χ0n) is 21.7. The second-order valence-corrected chi connectivity index (χ2v) is 9.20. The van der Waals surface area contributed by atoms with Crippen molar-refractivity contribution in [2.45, 2.75) is 32.0 Å². The molecule has 0 aliphatic carbocycles. The van der Waals surface area contributed by atoms with Crippen LogP contribution in [0.1, 0.15) is 28.8 Å². The molecule has 0 spiro atoms. The molecule has 0 saturated carbocycles. The molecule has 218 valence electrons. The van der Waals surface area contributed by atoms with Crippen molar-refractivity contribution < 1.29 is 51.0 Å². The van der Waals surface area contributed by atoms with E-state index in [0.717, 1.165) is 29.0 Å². The summed E-state index contributed by atoms with van der Waals surface area (Å²) in [4.78, 5) is 52.4. The predicted octanol–water partition coefficient (Wildman–Crippen LogP) is 5.02. The van der Waals surface area contributed by atoms with Crippen molar-refractivity contribution in [3.05, 3.63) is 77.4 Å². The first-order valence-corrected chi connectivity index (χ1v) is 12.4. The number of piperidine rings is 1. The molecule has 1 saturated heterocycles. The van der Waals surface area contributed by atoms with Gasteiger partial charge in [-0.15, -0.1) is 0 Å². The van der Waals surface area contributed by atoms with E-state index in [9.17, 15) is 36.7 Å². The number of carbonyl (C=O) groups excluding carboxylic acids is 4. The topological polar surface area (TPSA) is 114 Å². The summed E-state index contributed by atoms with van der Waals surface area (Å²) in [5, 5.41) is 2.16. The van der Waals surface area contributed by atoms with Crippen LogP contribution in [0.5, 0.6) is 17.2 Å². The molecule has 1 atom stereocenters. The molecule has 3 aromatic rings. The molecule has 1 unspecified atom stereocenters. The van der Waals surface area contributed by atoms with Crippen LogP contribution in [0.4, 0.5) is 33.7 Å². The number of amides is 4. The molecule has 2 aliphatic heterocycles. The van der Waals surface area contributed by atoms with E-state index in [1.165, 1.54) is 42.5 Å². The standard InChI is InChI=1S/C28H21F4N3O7/c1-40-28(39)35(15-3-5-16(6-4-15)41-17-7-8-18(29)19(30)12-17)20-9-2-14-13-34(21-10-11-22(36)33-25(21)37)26(38)23(14)24(20)42-27(31)32/h2-9,12,21,27H,10-11,13H2,1H3,(H,33,36,37). The molecule has 42 heavy (non-hydrogen) atoms. The lowest BCUT2D eigenvalue weighted by atomic mass is 10.0. The Morgan fingerprint density at radius 1 is 1.00 bits per heavy atom. The molecule has 10 nitrogen and oxygen atoms in total. The van der Waals surface area contributed by atoms with E-state index >= 15 is 0 Å². The first-order valence-electron chi connectivity index (χ1n) is 12.4. The van der Waals surface area contributed by atoms with E-state index in [4.69, 9.17) is 14.2 Å². The number of anilines is 2. The highest BCUT2D eigenvalue weighted by Crippen LogP contribution is 2.44. The number of rotatable bonds is 7. The van der Waals surface area contributed by atoms with Gasteiger partial charge in [0.25, 0.3) is 5.91 Å². The zero-order chi connectivity index (χ0) is 30.1. The lowest BCUT2D eigenvalue weighted by molar-refractivity contribution is -0.136. The van der Waals surface area contributed by atoms with Crippen LogP contribution in [0.15, 0.2) is 54.6 Å². The van der Waals surface area contributed by atoms with E-state index in [-0.39, 0.29) is 53.4 Å². The Hall–Kier alpha value is -5.14. The van der Waals surface area contributed by atoms with Crippen LogP contribution in [0.2, 0.25) is 0 Å². The first-order chi connectivity index (χ1) is 20.1. The number of benzene rings is 3. The van der Waals surface area contributed by atoms with Crippen molar-refractivity contribution in [1.82, 2.24) is 10.2 Å². The first kappa shape index (κ1) is 28.4. The van der Waals surface area contributed by atoms with Gasteiger partial charge in [0.2, 0.25) is 11.8 Å². The highest BCUT2D eigenvalue weighted by Gasteiger charge is 2.42. The summed E-state index contributed by atoms with van der Waals surface area (Å²) in [7, 11) is 1.06. The van der Waals surface area contributed by atoms with Crippen LogP contribution in [-0.2, 0) is 20.9 Å². The molecule has 4 amide bonds. The normalized spacial score (nSPS) is 16.3. The van der Waals surface area contributed by atoms with Crippen LogP contribution >= 0.6 is 0 Å². The average molecular weight is 587 g/mol. The Kier molecular flexibility index (Phi) is 7.70. The van der Waals surface area contributed by atoms with Gasteiger partial charge in [-0.05, 0) is 54.4 Å². The van der Waals surface area contributed by atoms with Gasteiger partial charge in [0, 0.05) is 19.0 Å². The van der Waals surface area contributed by atoms with E-state index < -0.39 is 53.9 Å². The molecule has 14 heteroatoms. The molecule has 3 aromatic carbocycles. The van der Waals surface area contributed by atoms with Gasteiger partial charge in [-0.25, -0.2) is 18.5 Å². The number of hydrogen-bond donors (Lipinski definition) is 1. The smallest absolute Gasteiger partial charge is 0.418 e. The summed E-state index contributed by atoms with van der Waals surface area (Å²) in [5.41, 5.74) is -0.173. The number of nitrogens with one attached hydrogen (secondary N) is 1. The number of carbonyl (C=O) groups is 4. The van der Waals surface area contributed by atoms with Crippen LogP contribution in [0, 0.1) is 11.6 Å². The zero-order valence-corrected chi connectivity index (χ0v) is 21.7. The summed E-state index contributed by atoms with van der Waals surface area (Å²) in [6, 6.07) is 10.1. The summed E-state index contributed by atoms with van der Waals surface area (Å²) in [6.07, 6.45) is -0.972. The second-order valence-electron chi connectivity index (χ2n) is 9.20. The number of halogens is 4. The Bertz CT molecular complexity index is 1580. The maximum atomic E-state index is 13.7. The van der Waals surface area contributed by atoms with Gasteiger partial charge in [0.1, 0.15) is 17.5 Å². The van der Waals surface area contributed by atoms with Crippen LogP contribution < -0.4 is 19.7 Å². The van der Waals surface area contributed by atoms with Gasteiger partial charge in [0.15, 0.2) is 17.4 Å². The number of ether oxygens (including phenoxy) is 3. The quantitative estimate of drug-likeness (QED) is 0.305. The van der Waals surface area contributed by atoms with Gasteiger partial charge in [-0.3, -0.25) is 19.7 Å². The van der Waals surface area contributed by atoms with E-state index in [0.29, 0.717) is 0 Å². The minimum absolute atomic E-state index is 0.00297. The van der Waals surface area contributed by atoms with Crippen molar-refractivity contribution in [2.75, 3.05) is 12.0 Å². The molecule has 2 aliphatic rings. The minimum atomic E-state index is -3.39. The monoisotopic (exact) mass is 587 g/mol. The number of nitrogens with zero attached hydrogens (tertiary/aromatic N) is 2. The second kappa shape index (κ2) is 11.4. The summed E-state index contributed by atoms with van der Waals surface area (Å²) >= 11 is 0. The van der Waals surface area contributed by atoms with Crippen LogP contribution in [0.25, 0.3) is 0 Å². The molecule has 0 radical (unpaired) electrons. The molecule has 1 fully saturated rings. The number of fused-ring (bicyclic) bond motifs is 1. The van der Waals surface area contributed by atoms with Crippen molar-refractivity contribution in [3.8, 4) is 17.2 Å². The largest absolute Gasteiger partial charge is 0.457 e. The van der Waals surface area contributed by atoms with Gasteiger partial charge in [-0.1, -0.05) is 6.07 Å². The Labute approximate surface area is 235 Å². The SMILES string of the molecule is COC(=O)N(c1ccc(Oc2ccc(F)c(F)c2)cc1)c1ccc2c(c1OC(F)F)C(=O)N(C1CCC(=O)NC1=O)C2. The van der Waals surface area contributed by atoms with Gasteiger partial charge >= 0.3 is 12.7 Å². The molecule has 2 heterocycles. The average Bonchev–Trinajstić information content (AvgIpc) is 3.28. The van der Waals surface area contributed by atoms with Crippen molar-refractivity contribution >= 4 is 35.2 Å². The molecule has 0 bridgehead atoms. The molecule has 0 aromatic heterocycles. The van der Waals surface area contributed by atoms with Crippen LogP contribution in [0.3, 0.4) is 0 Å². The summed E-state index contributed by atoms with van der Waals surface area (Å²) in [5.74, 6) is -4.59. The Morgan fingerprint density at radius 2 is 1.71 bits per heavy atom.